The van der Waals surface area contributed by atoms with Crippen LogP contribution in [0.25, 0.3) is 0 Å². The maximum atomic E-state index is 11.5. The Morgan fingerprint density at radius 3 is 2.58 bits per heavy atom. The second kappa shape index (κ2) is 6.09. The molecule has 0 fully saturated rings. The SMILES string of the molecule is CCOC(=O)c1ccc(NCc2cccn2C)cc1. The molecule has 4 nitrogen and oxygen atoms in total. The molecule has 0 spiro atoms. The maximum Gasteiger partial charge on any atom is 0.338 e. The summed E-state index contributed by atoms with van der Waals surface area (Å²) < 4.78 is 7.01. The van der Waals surface area contributed by atoms with Gasteiger partial charge < -0.3 is 14.6 Å². The van der Waals surface area contributed by atoms with Crippen LogP contribution in [-0.2, 0) is 18.3 Å². The topological polar surface area (TPSA) is 43.3 Å². The fourth-order valence-corrected chi connectivity index (χ4v) is 1.81. The highest BCUT2D eigenvalue weighted by Crippen LogP contribution is 2.12. The highest BCUT2D eigenvalue weighted by Gasteiger charge is 2.05. The molecule has 0 saturated carbocycles. The third-order valence-corrected chi connectivity index (χ3v) is 2.92. The number of esters is 1. The summed E-state index contributed by atoms with van der Waals surface area (Å²) in [6, 6.07) is 11.4. The van der Waals surface area contributed by atoms with Crippen molar-refractivity contribution in [2.24, 2.45) is 7.05 Å². The summed E-state index contributed by atoms with van der Waals surface area (Å²) in [6.45, 7) is 2.95. The zero-order valence-corrected chi connectivity index (χ0v) is 11.2. The number of ether oxygens (including phenoxy) is 1. The van der Waals surface area contributed by atoms with E-state index in [1.165, 1.54) is 5.69 Å². The van der Waals surface area contributed by atoms with Crippen molar-refractivity contribution in [2.45, 2.75) is 13.5 Å². The first-order valence-electron chi connectivity index (χ1n) is 6.32. The number of aryl methyl sites for hydroxylation is 1. The molecule has 0 amide bonds. The molecule has 0 unspecified atom stereocenters. The molecule has 0 aliphatic heterocycles. The van der Waals surface area contributed by atoms with Crippen molar-refractivity contribution in [3.05, 3.63) is 53.9 Å². The largest absolute Gasteiger partial charge is 0.462 e. The van der Waals surface area contributed by atoms with E-state index in [1.807, 2.05) is 31.4 Å². The van der Waals surface area contributed by atoms with Gasteiger partial charge in [0.25, 0.3) is 0 Å². The Hall–Kier alpha value is -2.23. The van der Waals surface area contributed by atoms with Crippen LogP contribution in [0, 0.1) is 0 Å². The fourth-order valence-electron chi connectivity index (χ4n) is 1.81. The molecule has 2 rings (SSSR count). The number of carbonyl (C=O) groups excluding carboxylic acids is 1. The summed E-state index contributed by atoms with van der Waals surface area (Å²) >= 11 is 0. The first-order chi connectivity index (χ1) is 9.20. The Kier molecular flexibility index (Phi) is 4.23. The minimum Gasteiger partial charge on any atom is -0.462 e. The second-order valence-electron chi connectivity index (χ2n) is 4.26. The van der Waals surface area contributed by atoms with Crippen LogP contribution in [0.3, 0.4) is 0 Å². The number of nitrogens with zero attached hydrogens (tertiary/aromatic N) is 1. The lowest BCUT2D eigenvalue weighted by Gasteiger charge is -2.08. The molecule has 1 aromatic heterocycles. The average Bonchev–Trinajstić information content (AvgIpc) is 2.83. The van der Waals surface area contributed by atoms with Gasteiger partial charge in [-0.1, -0.05) is 0 Å². The lowest BCUT2D eigenvalue weighted by molar-refractivity contribution is 0.0526. The third kappa shape index (κ3) is 3.37. The normalized spacial score (nSPS) is 10.2. The van der Waals surface area contributed by atoms with Crippen molar-refractivity contribution < 1.29 is 9.53 Å². The van der Waals surface area contributed by atoms with Crippen molar-refractivity contribution in [1.29, 1.82) is 0 Å². The van der Waals surface area contributed by atoms with E-state index in [0.29, 0.717) is 12.2 Å². The van der Waals surface area contributed by atoms with Crippen LogP contribution >= 0.6 is 0 Å². The Labute approximate surface area is 113 Å². The van der Waals surface area contributed by atoms with Gasteiger partial charge >= 0.3 is 5.97 Å². The highest BCUT2D eigenvalue weighted by molar-refractivity contribution is 5.89. The predicted molar refractivity (Wildman–Crippen MR) is 75.1 cm³/mol. The van der Waals surface area contributed by atoms with Gasteiger partial charge in [0.05, 0.1) is 18.7 Å². The van der Waals surface area contributed by atoms with Crippen LogP contribution in [0.4, 0.5) is 5.69 Å². The Morgan fingerprint density at radius 1 is 1.26 bits per heavy atom. The monoisotopic (exact) mass is 258 g/mol. The minimum atomic E-state index is -0.281. The van der Waals surface area contributed by atoms with E-state index in [2.05, 4.69) is 16.0 Å². The highest BCUT2D eigenvalue weighted by atomic mass is 16.5. The van der Waals surface area contributed by atoms with E-state index in [-0.39, 0.29) is 5.97 Å². The molecule has 1 aromatic carbocycles. The quantitative estimate of drug-likeness (QED) is 0.839. The second-order valence-corrected chi connectivity index (χ2v) is 4.26. The van der Waals surface area contributed by atoms with Gasteiger partial charge in [0, 0.05) is 24.6 Å². The molecule has 2 aromatic rings. The fraction of sp³-hybridized carbons (Fsp3) is 0.267. The first kappa shape index (κ1) is 13.2. The summed E-state index contributed by atoms with van der Waals surface area (Å²) in [5.74, 6) is -0.281. The molecule has 0 aliphatic rings. The molecular weight excluding hydrogens is 240 g/mol. The smallest absolute Gasteiger partial charge is 0.338 e. The Balaban J connectivity index is 1.95. The average molecular weight is 258 g/mol. The van der Waals surface area contributed by atoms with Gasteiger partial charge in [0.2, 0.25) is 0 Å². The van der Waals surface area contributed by atoms with Crippen LogP contribution in [0.2, 0.25) is 0 Å². The Bertz CT molecular complexity index is 544. The van der Waals surface area contributed by atoms with Gasteiger partial charge in [0.15, 0.2) is 0 Å². The Morgan fingerprint density at radius 2 is 2.00 bits per heavy atom. The molecule has 19 heavy (non-hydrogen) atoms. The van der Waals surface area contributed by atoms with E-state index in [9.17, 15) is 4.79 Å². The first-order valence-corrected chi connectivity index (χ1v) is 6.32. The number of rotatable bonds is 5. The molecule has 4 heteroatoms. The van der Waals surface area contributed by atoms with Gasteiger partial charge in [-0.25, -0.2) is 4.79 Å². The van der Waals surface area contributed by atoms with Gasteiger partial charge in [-0.15, -0.1) is 0 Å². The van der Waals surface area contributed by atoms with E-state index in [0.717, 1.165) is 12.2 Å². The van der Waals surface area contributed by atoms with E-state index in [1.54, 1.807) is 19.1 Å². The summed E-state index contributed by atoms with van der Waals surface area (Å²) in [6.07, 6.45) is 2.01. The van der Waals surface area contributed by atoms with Gasteiger partial charge in [-0.3, -0.25) is 0 Å². The van der Waals surface area contributed by atoms with Gasteiger partial charge in [-0.05, 0) is 43.3 Å². The molecular formula is C15H18N2O2. The molecule has 0 atom stereocenters. The van der Waals surface area contributed by atoms with Crippen LogP contribution in [-0.4, -0.2) is 17.1 Å². The number of aromatic nitrogens is 1. The minimum absolute atomic E-state index is 0.281. The molecule has 1 N–H and O–H groups in total. The van der Waals surface area contributed by atoms with E-state index < -0.39 is 0 Å². The molecule has 1 heterocycles. The predicted octanol–water partition coefficient (Wildman–Crippen LogP) is 2.81. The molecule has 100 valence electrons. The lowest BCUT2D eigenvalue weighted by atomic mass is 10.2. The number of hydrogen-bond donors (Lipinski definition) is 1. The third-order valence-electron chi connectivity index (χ3n) is 2.92. The number of benzene rings is 1. The maximum absolute atomic E-state index is 11.5. The number of hydrogen-bond acceptors (Lipinski definition) is 3. The summed E-state index contributed by atoms with van der Waals surface area (Å²) in [7, 11) is 2.01. The van der Waals surface area contributed by atoms with E-state index in [4.69, 9.17) is 4.74 Å². The molecule has 0 saturated heterocycles. The number of anilines is 1. The van der Waals surface area contributed by atoms with Crippen molar-refractivity contribution in [1.82, 2.24) is 4.57 Å². The van der Waals surface area contributed by atoms with Crippen molar-refractivity contribution in [2.75, 3.05) is 11.9 Å². The summed E-state index contributed by atoms with van der Waals surface area (Å²) in [5, 5.41) is 3.31. The van der Waals surface area contributed by atoms with Crippen LogP contribution in [0.15, 0.2) is 42.6 Å². The molecule has 0 radical (unpaired) electrons. The lowest BCUT2D eigenvalue weighted by Crippen LogP contribution is -2.06. The summed E-state index contributed by atoms with van der Waals surface area (Å²) in [5.41, 5.74) is 2.76. The van der Waals surface area contributed by atoms with Gasteiger partial charge in [-0.2, -0.15) is 0 Å². The standard InChI is InChI=1S/C15H18N2O2/c1-3-19-15(18)12-6-8-13(9-7-12)16-11-14-5-4-10-17(14)2/h4-10,16H,3,11H2,1-2H3. The van der Waals surface area contributed by atoms with Crippen molar-refractivity contribution in [3.63, 3.8) is 0 Å². The van der Waals surface area contributed by atoms with Crippen molar-refractivity contribution in [3.8, 4) is 0 Å². The van der Waals surface area contributed by atoms with Crippen molar-refractivity contribution >= 4 is 11.7 Å². The van der Waals surface area contributed by atoms with Crippen LogP contribution in [0.1, 0.15) is 23.0 Å². The summed E-state index contributed by atoms with van der Waals surface area (Å²) in [4.78, 5) is 11.5. The molecule has 0 bridgehead atoms. The number of nitrogens with one attached hydrogen (secondary N) is 1. The van der Waals surface area contributed by atoms with E-state index >= 15 is 0 Å². The number of carbonyl (C=O) groups is 1. The van der Waals surface area contributed by atoms with Crippen LogP contribution in [0.5, 0.6) is 0 Å². The van der Waals surface area contributed by atoms with Crippen LogP contribution < -0.4 is 5.32 Å². The van der Waals surface area contributed by atoms with Gasteiger partial charge in [0.1, 0.15) is 0 Å². The zero-order valence-electron chi connectivity index (χ0n) is 11.2. The zero-order chi connectivity index (χ0) is 13.7. The molecule has 0 aliphatic carbocycles.